The number of carbonyl (C=O) groups excluding carboxylic acids is 11. The van der Waals surface area contributed by atoms with E-state index in [1.165, 1.54) is 24.3 Å². The highest BCUT2D eigenvalue weighted by molar-refractivity contribution is 5.98. The Morgan fingerprint density at radius 1 is 0.654 bits per heavy atom. The number of para-hydroxylation sites is 1. The fraction of sp³-hybridized carbons (Fsp3) is 0.446. The van der Waals surface area contributed by atoms with E-state index in [1.54, 1.807) is 102 Å². The maximum absolute atomic E-state index is 14.6. The molecule has 0 unspecified atom stereocenters. The SMILES string of the molecule is CC(C)(C)OC(=O)C[C@H](NC(=O)[C@@H]1CCNC(=O)CCC(=O)NCC[C@H](NC(=O)[C@H](Cc2ccc(O)cc2)NC(=O)OC(C)(C)C)C(=O)NCC(=O)N[C@@H](Cc2c[nH]c3ccccc23)C(=O)N1)C(=O)N[C@@H](Cc1ccccc1)C(N)=O. The molecule has 25 nitrogen and oxygen atoms in total. The van der Waals surface area contributed by atoms with Gasteiger partial charge in [-0.3, -0.25) is 47.9 Å². The molecule has 5 rings (SSSR count). The zero-order valence-corrected chi connectivity index (χ0v) is 46.2. The average Bonchev–Trinajstić information content (AvgIpc) is 3.86. The number of hydrogen-bond acceptors (Lipinski definition) is 14. The van der Waals surface area contributed by atoms with E-state index in [0.717, 1.165) is 0 Å². The second-order valence-corrected chi connectivity index (χ2v) is 21.4. The van der Waals surface area contributed by atoms with Crippen LogP contribution in [0.4, 0.5) is 4.79 Å². The van der Waals surface area contributed by atoms with Crippen molar-refractivity contribution in [1.29, 1.82) is 0 Å². The van der Waals surface area contributed by atoms with Crippen LogP contribution in [0, 0.1) is 0 Å². The summed E-state index contributed by atoms with van der Waals surface area (Å²) in [5.74, 6) is -8.80. The number of H-pyrrole nitrogens is 1. The Balaban J connectivity index is 1.44. The third kappa shape index (κ3) is 21.6. The van der Waals surface area contributed by atoms with Crippen LogP contribution >= 0.6 is 0 Å². The van der Waals surface area contributed by atoms with Gasteiger partial charge in [0.2, 0.25) is 53.2 Å². The molecule has 1 aliphatic rings. The quantitative estimate of drug-likeness (QED) is 0.0675. The van der Waals surface area contributed by atoms with Gasteiger partial charge in [-0.15, -0.1) is 0 Å². The summed E-state index contributed by atoms with van der Waals surface area (Å²) in [6, 6.07) is 12.6. The minimum atomic E-state index is -1.72. The molecule has 3 aromatic carbocycles. The van der Waals surface area contributed by atoms with Gasteiger partial charge in [0.25, 0.3) is 0 Å². The van der Waals surface area contributed by atoms with Gasteiger partial charge in [-0.25, -0.2) is 4.79 Å². The molecule has 2 heterocycles. The molecule has 13 N–H and O–H groups in total. The van der Waals surface area contributed by atoms with Crippen LogP contribution in [-0.4, -0.2) is 142 Å². The van der Waals surface area contributed by atoms with Crippen molar-refractivity contribution >= 4 is 76.1 Å². The predicted molar refractivity (Wildman–Crippen MR) is 294 cm³/mol. The van der Waals surface area contributed by atoms with E-state index in [4.69, 9.17) is 15.2 Å². The number of nitrogens with two attached hydrogens (primary N) is 1. The van der Waals surface area contributed by atoms with Gasteiger partial charge in [-0.2, -0.15) is 0 Å². The number of rotatable bonds is 16. The molecule has 1 aromatic heterocycles. The lowest BCUT2D eigenvalue weighted by Gasteiger charge is -2.27. The number of aromatic hydroxyl groups is 1. The number of primary amides is 1. The molecule has 436 valence electrons. The van der Waals surface area contributed by atoms with Crippen LogP contribution in [0.25, 0.3) is 10.9 Å². The molecule has 1 aliphatic heterocycles. The first kappa shape index (κ1) is 62.8. The summed E-state index contributed by atoms with van der Waals surface area (Å²) in [7, 11) is 0. The lowest BCUT2D eigenvalue weighted by Crippen LogP contribution is -2.59. The third-order valence-electron chi connectivity index (χ3n) is 12.3. The van der Waals surface area contributed by atoms with Gasteiger partial charge in [0, 0.05) is 62.3 Å². The molecule has 1 saturated heterocycles. The number of carbonyl (C=O) groups is 11. The molecule has 4 aromatic rings. The van der Waals surface area contributed by atoms with Crippen molar-refractivity contribution in [3.05, 3.63) is 102 Å². The van der Waals surface area contributed by atoms with Crippen LogP contribution in [0.15, 0.2) is 85.1 Å². The first-order valence-corrected chi connectivity index (χ1v) is 26.4. The summed E-state index contributed by atoms with van der Waals surface area (Å²) in [4.78, 5) is 153. The summed E-state index contributed by atoms with van der Waals surface area (Å²) in [5, 5.41) is 33.5. The van der Waals surface area contributed by atoms with Crippen LogP contribution in [0.5, 0.6) is 5.75 Å². The minimum Gasteiger partial charge on any atom is -0.508 e. The molecule has 0 radical (unpaired) electrons. The van der Waals surface area contributed by atoms with Crippen molar-refractivity contribution in [2.75, 3.05) is 19.6 Å². The average molecular weight is 1120 g/mol. The Labute approximate surface area is 468 Å². The normalized spacial score (nSPS) is 18.3. The van der Waals surface area contributed by atoms with Gasteiger partial charge in [-0.05, 0) is 89.3 Å². The number of ether oxygens (including phenoxy) is 2. The summed E-state index contributed by atoms with van der Waals surface area (Å²) >= 11 is 0. The zero-order chi connectivity index (χ0) is 59.4. The van der Waals surface area contributed by atoms with Gasteiger partial charge >= 0.3 is 12.1 Å². The second-order valence-electron chi connectivity index (χ2n) is 21.4. The lowest BCUT2D eigenvalue weighted by molar-refractivity contribution is -0.156. The molecule has 10 amide bonds. The number of phenolic OH excluding ortho intramolecular Hbond substituents is 1. The van der Waals surface area contributed by atoms with Crippen LogP contribution in [0.3, 0.4) is 0 Å². The van der Waals surface area contributed by atoms with Gasteiger partial charge in [0.15, 0.2) is 0 Å². The number of fused-ring (bicyclic) bond motifs is 1. The number of hydrogen-bond donors (Lipinski definition) is 12. The number of amides is 10. The standard InChI is InChI=1S/C56H73N11O14/c1-55(2,3)80-47(72)29-43(53(78)65-40(48(57)73)26-32-12-8-7-9-13-32)66-50(75)39-23-25-59-45(70)21-20-44(69)58-24-22-38(63-51(76)41(67-54(79)81-56(4,5)6)27-33-16-18-35(68)19-17-33)49(74)61-31-46(71)62-42(52(77)64-39)28-34-30-60-37-15-11-10-14-36(34)37/h7-19,30,38-43,60,68H,20-29,31H2,1-6H3,(H2,57,73)(H,58,69)(H,59,70)(H,61,74)(H,62,71)(H,63,76)(H,64,77)(H,65,78)(H,66,75)(H,67,79)/t38-,39-,40-,41-,42-,43-/m0/s1. The van der Waals surface area contributed by atoms with Crippen LogP contribution in [0.2, 0.25) is 0 Å². The minimum absolute atomic E-state index is 0.0437. The number of nitrogens with one attached hydrogen (secondary N) is 10. The highest BCUT2D eigenvalue weighted by Crippen LogP contribution is 2.20. The van der Waals surface area contributed by atoms with Crippen molar-refractivity contribution < 1.29 is 67.3 Å². The molecule has 1 fully saturated rings. The lowest BCUT2D eigenvalue weighted by atomic mass is 10.0. The number of esters is 1. The van der Waals surface area contributed by atoms with Crippen LogP contribution in [0.1, 0.15) is 90.3 Å². The van der Waals surface area contributed by atoms with E-state index in [-0.39, 0.29) is 63.8 Å². The highest BCUT2D eigenvalue weighted by Gasteiger charge is 2.35. The number of aromatic nitrogens is 1. The molecular weight excluding hydrogens is 1050 g/mol. The van der Waals surface area contributed by atoms with Crippen molar-refractivity contribution in [2.24, 2.45) is 5.73 Å². The fourth-order valence-electron chi connectivity index (χ4n) is 8.37. The summed E-state index contributed by atoms with van der Waals surface area (Å²) in [6.45, 7) is 8.36. The second kappa shape index (κ2) is 29.3. The zero-order valence-electron chi connectivity index (χ0n) is 46.2. The van der Waals surface area contributed by atoms with Gasteiger partial charge in [0.05, 0.1) is 13.0 Å². The number of aromatic amines is 1. The first-order valence-electron chi connectivity index (χ1n) is 26.4. The van der Waals surface area contributed by atoms with Crippen molar-refractivity contribution in [3.63, 3.8) is 0 Å². The van der Waals surface area contributed by atoms with E-state index in [0.29, 0.717) is 27.6 Å². The number of alkyl carbamates (subject to hydrolysis) is 1. The van der Waals surface area contributed by atoms with Gasteiger partial charge in [0.1, 0.15) is 53.2 Å². The Morgan fingerprint density at radius 3 is 1.90 bits per heavy atom. The van der Waals surface area contributed by atoms with E-state index in [1.807, 2.05) is 0 Å². The topological polar surface area (TPSA) is 377 Å². The van der Waals surface area contributed by atoms with E-state index in [2.05, 4.69) is 52.8 Å². The predicted octanol–water partition coefficient (Wildman–Crippen LogP) is 0.358. The number of phenols is 1. The van der Waals surface area contributed by atoms with E-state index in [9.17, 15) is 57.8 Å². The molecule has 0 saturated carbocycles. The Bertz CT molecular complexity index is 2900. The smallest absolute Gasteiger partial charge is 0.408 e. The largest absolute Gasteiger partial charge is 0.508 e. The Hall–Kier alpha value is -9.03. The van der Waals surface area contributed by atoms with Crippen molar-refractivity contribution in [2.45, 2.75) is 140 Å². The maximum atomic E-state index is 14.6. The molecule has 0 spiro atoms. The molecule has 0 bridgehead atoms. The summed E-state index contributed by atoms with van der Waals surface area (Å²) in [6.07, 6.45) is -1.72. The number of benzene rings is 3. The molecule has 6 atom stereocenters. The Morgan fingerprint density at radius 2 is 1.26 bits per heavy atom. The van der Waals surface area contributed by atoms with E-state index >= 15 is 0 Å². The van der Waals surface area contributed by atoms with Crippen molar-refractivity contribution in [1.82, 2.24) is 52.8 Å². The first-order chi connectivity index (χ1) is 38.2. The fourth-order valence-corrected chi connectivity index (χ4v) is 8.37. The highest BCUT2D eigenvalue weighted by atomic mass is 16.6. The van der Waals surface area contributed by atoms with Gasteiger partial charge in [-0.1, -0.05) is 60.7 Å². The van der Waals surface area contributed by atoms with Crippen LogP contribution in [-0.2, 0) is 76.7 Å². The van der Waals surface area contributed by atoms with Crippen LogP contribution < -0.4 is 53.6 Å². The molecule has 25 heteroatoms. The third-order valence-corrected chi connectivity index (χ3v) is 12.3. The maximum Gasteiger partial charge on any atom is 0.408 e. The molecular formula is C56H73N11O14. The molecule has 0 aliphatic carbocycles. The summed E-state index contributed by atoms with van der Waals surface area (Å²) < 4.78 is 10.9. The molecule has 81 heavy (non-hydrogen) atoms. The van der Waals surface area contributed by atoms with Crippen molar-refractivity contribution in [3.8, 4) is 5.75 Å². The Kier molecular flexibility index (Phi) is 22.7. The summed E-state index contributed by atoms with van der Waals surface area (Å²) in [5.41, 5.74) is 6.11. The van der Waals surface area contributed by atoms with Gasteiger partial charge < -0.3 is 73.1 Å². The van der Waals surface area contributed by atoms with E-state index < -0.39 is 126 Å². The monoisotopic (exact) mass is 1120 g/mol.